The number of quaternary nitrogens is 1. The Bertz CT molecular complexity index is 33.8. The van der Waals surface area contributed by atoms with Crippen molar-refractivity contribution in [1.82, 2.24) is 6.15 Å². The summed E-state index contributed by atoms with van der Waals surface area (Å²) in [4.78, 5) is 8.33. The third-order valence-corrected chi connectivity index (χ3v) is 0. The van der Waals surface area contributed by atoms with E-state index in [0.717, 1.165) is 0 Å². The molecular weight excluding hydrogens is 253 g/mol. The number of carboxylic acid groups (broad SMARTS) is 2. The Morgan fingerprint density at radius 2 is 1.33 bits per heavy atom. The Kier molecular flexibility index (Phi) is 24.5. The summed E-state index contributed by atoms with van der Waals surface area (Å²) in [7, 11) is 0. The molecule has 0 aromatic carbocycles. The van der Waals surface area contributed by atoms with Gasteiger partial charge in [0, 0.05) is 0 Å². The minimum atomic E-state index is -2.33. The van der Waals surface area contributed by atoms with Gasteiger partial charge in [-0.15, -0.1) is 0 Å². The maximum absolute atomic E-state index is 8.33. The zero-order valence-electron chi connectivity index (χ0n) is 3.22. The van der Waals surface area contributed by atoms with Crippen molar-refractivity contribution in [1.29, 1.82) is 0 Å². The minimum Gasteiger partial charge on any atom is -0.652 e. The van der Waals surface area contributed by atoms with Crippen molar-refractivity contribution in [3.8, 4) is 0 Å². The van der Waals surface area contributed by atoms with Crippen LogP contribution in [-0.2, 0) is 25.8 Å². The van der Waals surface area contributed by atoms with E-state index in [9.17, 15) is 0 Å². The Hall–Kier alpha value is 0.100. The average Bonchev–Trinajstić information content (AvgIpc) is 0.811. The normalized spacial score (nSPS) is 4.00. The van der Waals surface area contributed by atoms with E-state index in [4.69, 9.17) is 15.0 Å². The number of hydrogen-bond donors (Lipinski definition) is 1. The van der Waals surface area contributed by atoms with Crippen LogP contribution < -0.4 is 16.4 Å². The smallest absolute Gasteiger partial charge is 0.652 e. The van der Waals surface area contributed by atoms with Crippen molar-refractivity contribution in [2.75, 3.05) is 0 Å². The molecule has 0 heterocycles. The molecule has 0 amide bonds. The molecule has 0 aliphatic carbocycles. The van der Waals surface area contributed by atoms with Gasteiger partial charge in [-0.05, 0) is 6.16 Å². The summed E-state index contributed by atoms with van der Waals surface area (Å²) in [6.45, 7) is 0. The molecule has 0 aromatic rings. The van der Waals surface area contributed by atoms with Crippen LogP contribution in [0.15, 0.2) is 0 Å². The number of carbonyl (C=O) groups excluding carboxylic acids is 1. The monoisotopic (exact) mass is 258 g/mol. The molecule has 0 bridgehead atoms. The second-order valence-electron chi connectivity index (χ2n) is 0.250. The summed E-state index contributed by atoms with van der Waals surface area (Å²) in [5.41, 5.74) is 0. The fraction of sp³-hybridized carbons (Fsp3) is 0. The number of hydrogen-bond acceptors (Lipinski definition) is 3. The zero-order chi connectivity index (χ0) is 3.58. The summed E-state index contributed by atoms with van der Waals surface area (Å²) >= 11 is 0. The molecule has 0 fully saturated rings. The first-order valence-electron chi connectivity index (χ1n) is 0.612. The van der Waals surface area contributed by atoms with E-state index in [0.29, 0.717) is 0 Å². The maximum atomic E-state index is 8.33. The largest absolute Gasteiger partial charge is 4.00 e. The van der Waals surface area contributed by atoms with Crippen LogP contribution in [0.3, 0.4) is 0 Å². The SMILES string of the molecule is O=C([O-])[O-].[Hf+4].[NH4+]. The van der Waals surface area contributed by atoms with Gasteiger partial charge in [-0.1, -0.05) is 0 Å². The van der Waals surface area contributed by atoms with Gasteiger partial charge in [0.15, 0.2) is 0 Å². The van der Waals surface area contributed by atoms with Crippen LogP contribution in [-0.4, -0.2) is 6.16 Å². The first kappa shape index (κ1) is 16.5. The topological polar surface area (TPSA) is 99.7 Å². The van der Waals surface area contributed by atoms with Crippen LogP contribution in [0, 0.1) is 0 Å². The molecule has 4 N–H and O–H groups in total. The van der Waals surface area contributed by atoms with E-state index in [-0.39, 0.29) is 32.0 Å². The van der Waals surface area contributed by atoms with Gasteiger partial charge in [0.25, 0.3) is 0 Å². The summed E-state index contributed by atoms with van der Waals surface area (Å²) < 4.78 is 0. The molecule has 0 saturated carbocycles. The molecule has 0 unspecified atom stereocenters. The Balaban J connectivity index is -0.0000000450. The van der Waals surface area contributed by atoms with Crippen molar-refractivity contribution in [2.45, 2.75) is 0 Å². The Labute approximate surface area is 53.5 Å². The minimum absolute atomic E-state index is 0. The Morgan fingerprint density at radius 1 is 1.33 bits per heavy atom. The van der Waals surface area contributed by atoms with Gasteiger partial charge in [-0.25, -0.2) is 0 Å². The van der Waals surface area contributed by atoms with Crippen molar-refractivity contribution >= 4 is 6.16 Å². The van der Waals surface area contributed by atoms with E-state index < -0.39 is 6.16 Å². The molecule has 0 saturated heterocycles. The van der Waals surface area contributed by atoms with Gasteiger partial charge >= 0.3 is 25.8 Å². The number of rotatable bonds is 0. The van der Waals surface area contributed by atoms with E-state index in [2.05, 4.69) is 0 Å². The first-order chi connectivity index (χ1) is 1.73. The quantitative estimate of drug-likeness (QED) is 0.504. The van der Waals surface area contributed by atoms with Crippen LogP contribution in [0.1, 0.15) is 0 Å². The summed E-state index contributed by atoms with van der Waals surface area (Å²) in [6.07, 6.45) is -2.33. The van der Waals surface area contributed by atoms with Crippen LogP contribution >= 0.6 is 0 Å². The number of carbonyl (C=O) groups is 1. The van der Waals surface area contributed by atoms with Crippen LogP contribution in [0.25, 0.3) is 0 Å². The molecule has 0 aliphatic rings. The van der Waals surface area contributed by atoms with Gasteiger partial charge in [0.2, 0.25) is 0 Å². The second-order valence-corrected chi connectivity index (χ2v) is 0.250. The summed E-state index contributed by atoms with van der Waals surface area (Å²) in [5.74, 6) is 0. The standard InChI is InChI=1S/CH2O3.Hf.H3N/c2-1(3)4;;/h(H2,2,3,4);;1H3/q;+4;/p-1. The van der Waals surface area contributed by atoms with E-state index in [1.54, 1.807) is 0 Å². The Morgan fingerprint density at radius 3 is 1.33 bits per heavy atom. The molecule has 6 heavy (non-hydrogen) atoms. The van der Waals surface area contributed by atoms with Crippen molar-refractivity contribution in [3.05, 3.63) is 0 Å². The maximum Gasteiger partial charge on any atom is 4.00 e. The fourth-order valence-corrected chi connectivity index (χ4v) is 0. The summed E-state index contributed by atoms with van der Waals surface area (Å²) in [5, 5.41) is 16.7. The molecule has 0 aromatic heterocycles. The average molecular weight is 257 g/mol. The molecule has 0 rings (SSSR count). The molecule has 0 spiro atoms. The molecule has 4 nitrogen and oxygen atoms in total. The van der Waals surface area contributed by atoms with E-state index >= 15 is 0 Å². The fourth-order valence-electron chi connectivity index (χ4n) is 0. The zero-order valence-corrected chi connectivity index (χ0v) is 6.82. The predicted octanol–water partition coefficient (Wildman–Crippen LogP) is -2.07. The van der Waals surface area contributed by atoms with Gasteiger partial charge in [-0.3, -0.25) is 0 Å². The van der Waals surface area contributed by atoms with Crippen LogP contribution in [0.5, 0.6) is 0 Å². The first-order valence-corrected chi connectivity index (χ1v) is 0.612. The molecule has 5 heteroatoms. The summed E-state index contributed by atoms with van der Waals surface area (Å²) in [6, 6.07) is 0. The molecule has 32 valence electrons. The predicted molar refractivity (Wildman–Crippen MR) is 11.4 cm³/mol. The van der Waals surface area contributed by atoms with Crippen LogP contribution in [0.4, 0.5) is 4.79 Å². The molecule has 0 radical (unpaired) electrons. The molecular formula is CH4HfNO3+3. The molecule has 0 atom stereocenters. The van der Waals surface area contributed by atoms with E-state index in [1.165, 1.54) is 0 Å². The van der Waals surface area contributed by atoms with Crippen molar-refractivity contribution < 1.29 is 40.9 Å². The van der Waals surface area contributed by atoms with Crippen molar-refractivity contribution in [2.24, 2.45) is 0 Å². The van der Waals surface area contributed by atoms with Gasteiger partial charge < -0.3 is 21.2 Å². The van der Waals surface area contributed by atoms with Gasteiger partial charge in [0.1, 0.15) is 0 Å². The van der Waals surface area contributed by atoms with Crippen molar-refractivity contribution in [3.63, 3.8) is 0 Å². The van der Waals surface area contributed by atoms with Gasteiger partial charge in [0.05, 0.1) is 0 Å². The third kappa shape index (κ3) is 3930. The van der Waals surface area contributed by atoms with E-state index in [1.807, 2.05) is 0 Å². The molecule has 0 aliphatic heterocycles. The third-order valence-electron chi connectivity index (χ3n) is 0. The second kappa shape index (κ2) is 8.92. The van der Waals surface area contributed by atoms with Crippen LogP contribution in [0.2, 0.25) is 0 Å². The van der Waals surface area contributed by atoms with Gasteiger partial charge in [-0.2, -0.15) is 0 Å².